The van der Waals surface area contributed by atoms with Gasteiger partial charge < -0.3 is 28.4 Å². The minimum atomic E-state index is -0.417. The van der Waals surface area contributed by atoms with Gasteiger partial charge in [-0.25, -0.2) is 0 Å². The fourth-order valence-corrected chi connectivity index (χ4v) is 0.427. The van der Waals surface area contributed by atoms with E-state index >= 15 is 0 Å². The fourth-order valence-electron chi connectivity index (χ4n) is 0.427. The van der Waals surface area contributed by atoms with Gasteiger partial charge in [-0.1, -0.05) is 67.7 Å². The van der Waals surface area contributed by atoms with E-state index < -0.39 is 18.3 Å². The van der Waals surface area contributed by atoms with Gasteiger partial charge in [0, 0.05) is 0 Å². The molecule has 0 saturated heterocycles. The van der Waals surface area contributed by atoms with Crippen LogP contribution in [0.4, 0.5) is 0 Å². The van der Waals surface area contributed by atoms with E-state index in [1.807, 2.05) is 0 Å². The Morgan fingerprint density at radius 3 is 1.00 bits per heavy atom. The van der Waals surface area contributed by atoms with Gasteiger partial charge in [-0.3, -0.25) is 0 Å². The molecule has 0 saturated carbocycles. The third-order valence-corrected chi connectivity index (χ3v) is 0.854. The summed E-state index contributed by atoms with van der Waals surface area (Å²) in [5.41, 5.74) is 0. The Morgan fingerprint density at radius 2 is 0.950 bits per heavy atom. The fraction of sp³-hybridized carbons (Fsp3) is 0.933. The van der Waals surface area contributed by atoms with E-state index in [4.69, 9.17) is 0 Å². The molecule has 0 aromatic heterocycles. The first-order valence-corrected chi connectivity index (χ1v) is 6.88. The molecule has 0 aliphatic carbocycles. The quantitative estimate of drug-likeness (QED) is 0.452. The first kappa shape index (κ1) is 37.1. The molecular weight excluding hydrogens is 290 g/mol. The van der Waals surface area contributed by atoms with Crippen LogP contribution < -0.4 is 15.3 Å². The number of hydrogen-bond donors (Lipinski definition) is 0. The summed E-state index contributed by atoms with van der Waals surface area (Å²) in [7, 11) is 0. The number of rotatable bonds is 3. The maximum atomic E-state index is 9.53. The standard InChI is InChI=1S/C6H13.3C3H7O.H2N.Ti/c1-3-5-6-4-2;3*1-3(2)4;;/h1,3-6H2,2H3;3*3H,1-2H3;1H2;/q5*-1;+3. The van der Waals surface area contributed by atoms with Crippen LogP contribution >= 0.6 is 0 Å². The van der Waals surface area contributed by atoms with Gasteiger partial charge in [0.1, 0.15) is 0 Å². The van der Waals surface area contributed by atoms with Gasteiger partial charge in [0.05, 0.1) is 0 Å². The third-order valence-electron chi connectivity index (χ3n) is 0.854. The summed E-state index contributed by atoms with van der Waals surface area (Å²) in [6.07, 6.45) is 3.82. The molecule has 0 bridgehead atoms. The summed E-state index contributed by atoms with van der Waals surface area (Å²) in [6.45, 7) is 15.6. The molecule has 0 rings (SSSR count). The minimum Gasteiger partial charge on any atom is -0.852 e. The average molecular weight is 326 g/mol. The normalized spacial score (nSPS) is 8.10. The summed E-state index contributed by atoms with van der Waals surface area (Å²) in [5.74, 6) is 0. The molecule has 2 N–H and O–H groups in total. The van der Waals surface area contributed by atoms with E-state index in [0.29, 0.717) is 0 Å². The molecule has 0 aliphatic rings. The van der Waals surface area contributed by atoms with Crippen molar-refractivity contribution < 1.29 is 37.0 Å². The van der Waals surface area contributed by atoms with Crippen LogP contribution in [0.5, 0.6) is 0 Å². The second kappa shape index (κ2) is 36.6. The van der Waals surface area contributed by atoms with Crippen molar-refractivity contribution in [2.24, 2.45) is 0 Å². The number of hydrogen-bond acceptors (Lipinski definition) is 3. The van der Waals surface area contributed by atoms with Gasteiger partial charge in [-0.05, 0) is 0 Å². The maximum Gasteiger partial charge on any atom is 3.00 e. The van der Waals surface area contributed by atoms with Crippen molar-refractivity contribution in [2.75, 3.05) is 0 Å². The first-order valence-electron chi connectivity index (χ1n) is 6.88. The molecular formula is C15H36NO3Ti-2. The summed E-state index contributed by atoms with van der Waals surface area (Å²) in [5, 5.41) is 28.6. The Kier molecular flexibility index (Phi) is 68.0. The second-order valence-electron chi connectivity index (χ2n) is 4.71. The molecule has 0 amide bonds. The van der Waals surface area contributed by atoms with Crippen LogP contribution in [-0.4, -0.2) is 18.3 Å². The van der Waals surface area contributed by atoms with Crippen molar-refractivity contribution in [2.45, 2.75) is 92.5 Å². The van der Waals surface area contributed by atoms with Crippen LogP contribution in [0, 0.1) is 6.92 Å². The number of nitrogens with two attached hydrogens (primary N) is 1. The van der Waals surface area contributed by atoms with Crippen molar-refractivity contribution >= 4 is 0 Å². The largest absolute Gasteiger partial charge is 3.00 e. The van der Waals surface area contributed by atoms with E-state index in [0.717, 1.165) is 6.42 Å². The van der Waals surface area contributed by atoms with E-state index in [2.05, 4.69) is 13.8 Å². The smallest absolute Gasteiger partial charge is 0.852 e. The van der Waals surface area contributed by atoms with Crippen molar-refractivity contribution in [1.29, 1.82) is 0 Å². The molecule has 20 heavy (non-hydrogen) atoms. The van der Waals surface area contributed by atoms with Gasteiger partial charge in [0.2, 0.25) is 0 Å². The molecule has 0 unspecified atom stereocenters. The molecule has 4 nitrogen and oxygen atoms in total. The molecule has 0 heterocycles. The Labute approximate surface area is 142 Å². The van der Waals surface area contributed by atoms with Crippen molar-refractivity contribution in [3.8, 4) is 0 Å². The van der Waals surface area contributed by atoms with Gasteiger partial charge in [0.25, 0.3) is 0 Å². The van der Waals surface area contributed by atoms with Crippen LogP contribution in [0.1, 0.15) is 74.1 Å². The molecule has 0 aliphatic heterocycles. The van der Waals surface area contributed by atoms with Crippen molar-refractivity contribution in [3.05, 3.63) is 13.1 Å². The first-order chi connectivity index (χ1) is 8.11. The zero-order chi connectivity index (χ0) is 15.6. The van der Waals surface area contributed by atoms with E-state index in [1.54, 1.807) is 41.5 Å². The molecule has 125 valence electrons. The van der Waals surface area contributed by atoms with Crippen LogP contribution in [-0.2, 0) is 21.7 Å². The molecule has 0 fully saturated rings. The number of unbranched alkanes of at least 4 members (excludes halogenated alkanes) is 3. The Hall–Kier alpha value is 0.554. The minimum absolute atomic E-state index is 0. The zero-order valence-electron chi connectivity index (χ0n) is 14.6. The van der Waals surface area contributed by atoms with E-state index in [1.165, 1.54) is 19.3 Å². The van der Waals surface area contributed by atoms with Crippen LogP contribution in [0.2, 0.25) is 0 Å². The summed E-state index contributed by atoms with van der Waals surface area (Å²) >= 11 is 0. The van der Waals surface area contributed by atoms with Gasteiger partial charge in [-0.15, -0.1) is 18.3 Å². The summed E-state index contributed by atoms with van der Waals surface area (Å²) < 4.78 is 0. The topological polar surface area (TPSA) is 103 Å². The predicted molar refractivity (Wildman–Crippen MR) is 80.2 cm³/mol. The van der Waals surface area contributed by atoms with E-state index in [9.17, 15) is 15.3 Å². The zero-order valence-corrected chi connectivity index (χ0v) is 16.1. The summed E-state index contributed by atoms with van der Waals surface area (Å²) in [6, 6.07) is 0. The van der Waals surface area contributed by atoms with Crippen LogP contribution in [0.25, 0.3) is 6.15 Å². The molecule has 5 heteroatoms. The Morgan fingerprint density at radius 1 is 0.750 bits per heavy atom. The monoisotopic (exact) mass is 326 g/mol. The molecule has 0 atom stereocenters. The van der Waals surface area contributed by atoms with Crippen molar-refractivity contribution in [1.82, 2.24) is 0 Å². The average Bonchev–Trinajstić information content (AvgIpc) is 2.11. The molecule has 0 aromatic carbocycles. The second-order valence-corrected chi connectivity index (χ2v) is 4.71. The summed E-state index contributed by atoms with van der Waals surface area (Å²) in [4.78, 5) is 0. The van der Waals surface area contributed by atoms with Gasteiger partial charge >= 0.3 is 21.7 Å². The van der Waals surface area contributed by atoms with Gasteiger partial charge in [-0.2, -0.15) is 6.42 Å². The Balaban J connectivity index is -0.0000000322. The molecule has 1 radical (unpaired) electrons. The molecule has 0 spiro atoms. The SMILES string of the molecule is CC(C)[O-].CC(C)[O-].CC(C)[O-].[CH2-]CCCCC.[NH2-].[Ti+3]. The van der Waals surface area contributed by atoms with Gasteiger partial charge in [0.15, 0.2) is 0 Å². The van der Waals surface area contributed by atoms with Crippen molar-refractivity contribution in [3.63, 3.8) is 0 Å². The van der Waals surface area contributed by atoms with Crippen LogP contribution in [0.3, 0.4) is 0 Å². The van der Waals surface area contributed by atoms with Crippen LogP contribution in [0.15, 0.2) is 0 Å². The molecule has 0 aromatic rings. The van der Waals surface area contributed by atoms with E-state index in [-0.39, 0.29) is 27.9 Å². The Bertz CT molecular complexity index is 86.8. The maximum absolute atomic E-state index is 9.53. The predicted octanol–water partition coefficient (Wildman–Crippen LogP) is 2.38. The third kappa shape index (κ3) is 453.